The number of nitrogens with zero attached hydrogens (tertiary/aromatic N) is 2. The number of benzene rings is 2. The fraction of sp³-hybridized carbons (Fsp3) is 0. The molecule has 104 valence electrons. The Balaban J connectivity index is 2.10. The highest BCUT2D eigenvalue weighted by molar-refractivity contribution is 5.93. The van der Waals surface area contributed by atoms with Gasteiger partial charge < -0.3 is 0 Å². The summed E-state index contributed by atoms with van der Waals surface area (Å²) in [4.78, 5) is 31.8. The first-order valence-electron chi connectivity index (χ1n) is 6.87. The summed E-state index contributed by atoms with van der Waals surface area (Å²) < 4.78 is 0. The summed E-state index contributed by atoms with van der Waals surface area (Å²) in [5.74, 6) is 0. The monoisotopic (exact) mass is 286 g/mol. The number of rotatable bonds is 2. The first kappa shape index (κ1) is 12.6. The molecule has 4 rings (SSSR count). The van der Waals surface area contributed by atoms with E-state index in [2.05, 4.69) is 9.97 Å². The molecule has 0 aliphatic carbocycles. The Morgan fingerprint density at radius 2 is 1.18 bits per heavy atom. The molecule has 4 nitrogen and oxygen atoms in total. The van der Waals surface area contributed by atoms with Gasteiger partial charge in [-0.1, -0.05) is 60.7 Å². The summed E-state index contributed by atoms with van der Waals surface area (Å²) in [5, 5.41) is 0. The summed E-state index contributed by atoms with van der Waals surface area (Å²) in [5.41, 5.74) is 2.38. The average Bonchev–Trinajstić information content (AvgIpc) is 3.06. The zero-order chi connectivity index (χ0) is 15.1. The van der Waals surface area contributed by atoms with E-state index in [4.69, 9.17) is 0 Å². The highest BCUT2D eigenvalue weighted by atomic mass is 16.2. The van der Waals surface area contributed by atoms with Crippen molar-refractivity contribution < 1.29 is 0 Å². The van der Waals surface area contributed by atoms with Crippen molar-refractivity contribution >= 4 is 0 Å². The average molecular weight is 286 g/mol. The van der Waals surface area contributed by atoms with Crippen molar-refractivity contribution in [3.63, 3.8) is 0 Å². The van der Waals surface area contributed by atoms with E-state index in [1.165, 1.54) is 0 Å². The Morgan fingerprint density at radius 3 is 1.82 bits per heavy atom. The van der Waals surface area contributed by atoms with Gasteiger partial charge in [-0.3, -0.25) is 9.59 Å². The van der Waals surface area contributed by atoms with Crippen LogP contribution in [0.25, 0.3) is 33.8 Å². The van der Waals surface area contributed by atoms with E-state index in [1.54, 1.807) is 0 Å². The van der Waals surface area contributed by atoms with Gasteiger partial charge in [0.1, 0.15) is 11.4 Å². The van der Waals surface area contributed by atoms with Crippen LogP contribution in [0.3, 0.4) is 0 Å². The van der Waals surface area contributed by atoms with Crippen LogP contribution in [-0.2, 0) is 0 Å². The van der Waals surface area contributed by atoms with Gasteiger partial charge in [-0.15, -0.1) is 0 Å². The normalized spacial score (nSPS) is 11.1. The van der Waals surface area contributed by atoms with E-state index in [1.807, 2.05) is 60.7 Å². The SMILES string of the molecule is O=c1nc2c(-c3ccccc3)c(-c3ccccc3)nc-2c1=O. The molecule has 4 heteroatoms. The maximum atomic E-state index is 11.9. The molecule has 0 saturated heterocycles. The first-order chi connectivity index (χ1) is 10.8. The molecule has 2 aliphatic heterocycles. The van der Waals surface area contributed by atoms with Crippen molar-refractivity contribution in [2.24, 2.45) is 0 Å². The number of hydrogen-bond donors (Lipinski definition) is 0. The molecule has 2 heterocycles. The molecule has 2 aromatic rings. The summed E-state index contributed by atoms with van der Waals surface area (Å²) in [6, 6.07) is 19.2. The Kier molecular flexibility index (Phi) is 2.69. The minimum atomic E-state index is -0.741. The van der Waals surface area contributed by atoms with E-state index in [9.17, 15) is 9.59 Å². The smallest absolute Gasteiger partial charge is 0.281 e. The van der Waals surface area contributed by atoms with Gasteiger partial charge in [-0.2, -0.15) is 0 Å². The molecule has 0 atom stereocenters. The zero-order valence-electron chi connectivity index (χ0n) is 11.5. The second-order valence-corrected chi connectivity index (χ2v) is 5.01. The molecule has 0 radical (unpaired) electrons. The Hall–Kier alpha value is -3.14. The predicted molar refractivity (Wildman–Crippen MR) is 84.4 cm³/mol. The van der Waals surface area contributed by atoms with Crippen LogP contribution in [-0.4, -0.2) is 9.97 Å². The lowest BCUT2D eigenvalue weighted by Crippen LogP contribution is -2.19. The van der Waals surface area contributed by atoms with Crippen LogP contribution in [0.1, 0.15) is 0 Å². The first-order valence-corrected chi connectivity index (χ1v) is 6.87. The van der Waals surface area contributed by atoms with Gasteiger partial charge in [0.05, 0.1) is 5.69 Å². The molecule has 0 amide bonds. The Morgan fingerprint density at radius 1 is 0.591 bits per heavy atom. The fourth-order valence-corrected chi connectivity index (χ4v) is 2.66. The second kappa shape index (κ2) is 4.70. The largest absolute Gasteiger partial charge is 0.320 e. The quantitative estimate of drug-likeness (QED) is 0.531. The molecular weight excluding hydrogens is 276 g/mol. The fourth-order valence-electron chi connectivity index (χ4n) is 2.66. The van der Waals surface area contributed by atoms with Gasteiger partial charge >= 0.3 is 5.56 Å². The van der Waals surface area contributed by atoms with Crippen LogP contribution in [0.5, 0.6) is 0 Å². The standard InChI is InChI=1S/C18H10N2O2/c21-17-16-15(20-18(17)22)13(11-7-3-1-4-8-11)14(19-16)12-9-5-2-6-10-12/h1-10H. The highest BCUT2D eigenvalue weighted by Gasteiger charge is 2.27. The van der Waals surface area contributed by atoms with Crippen molar-refractivity contribution in [2.45, 2.75) is 0 Å². The summed E-state index contributed by atoms with van der Waals surface area (Å²) in [7, 11) is 0. The van der Waals surface area contributed by atoms with Crippen molar-refractivity contribution in [2.75, 3.05) is 0 Å². The second-order valence-electron chi connectivity index (χ2n) is 5.01. The molecule has 0 bridgehead atoms. The molecule has 2 aromatic carbocycles. The summed E-state index contributed by atoms with van der Waals surface area (Å²) in [6.45, 7) is 0. The summed E-state index contributed by atoms with van der Waals surface area (Å²) in [6.07, 6.45) is 0. The number of hydrogen-bond acceptors (Lipinski definition) is 4. The van der Waals surface area contributed by atoms with Gasteiger partial charge in [-0.05, 0) is 5.56 Å². The maximum absolute atomic E-state index is 11.9. The molecular formula is C18H10N2O2. The van der Waals surface area contributed by atoms with Crippen LogP contribution < -0.4 is 11.0 Å². The molecule has 22 heavy (non-hydrogen) atoms. The van der Waals surface area contributed by atoms with E-state index in [-0.39, 0.29) is 5.69 Å². The highest BCUT2D eigenvalue weighted by Crippen LogP contribution is 2.38. The van der Waals surface area contributed by atoms with E-state index in [0.29, 0.717) is 11.4 Å². The van der Waals surface area contributed by atoms with Crippen LogP contribution in [0.15, 0.2) is 70.3 Å². The van der Waals surface area contributed by atoms with Gasteiger partial charge in [0.2, 0.25) is 0 Å². The Labute approximate surface area is 125 Å². The van der Waals surface area contributed by atoms with Gasteiger partial charge in [0.15, 0.2) is 0 Å². The third-order valence-electron chi connectivity index (χ3n) is 3.65. The van der Waals surface area contributed by atoms with E-state index >= 15 is 0 Å². The lowest BCUT2D eigenvalue weighted by atomic mass is 10.00. The lowest BCUT2D eigenvalue weighted by molar-refractivity contribution is 1.30. The molecule has 0 unspecified atom stereocenters. The number of aromatic nitrogens is 2. The molecule has 0 fully saturated rings. The van der Waals surface area contributed by atoms with E-state index in [0.717, 1.165) is 16.7 Å². The van der Waals surface area contributed by atoms with Crippen molar-refractivity contribution in [3.05, 3.63) is 81.2 Å². The van der Waals surface area contributed by atoms with Gasteiger partial charge in [0, 0.05) is 11.1 Å². The molecule has 2 aliphatic rings. The Bertz CT molecular complexity index is 1000. The summed E-state index contributed by atoms with van der Waals surface area (Å²) >= 11 is 0. The van der Waals surface area contributed by atoms with Crippen LogP contribution in [0.4, 0.5) is 0 Å². The molecule has 0 saturated carbocycles. The van der Waals surface area contributed by atoms with Crippen molar-refractivity contribution in [1.29, 1.82) is 0 Å². The van der Waals surface area contributed by atoms with Crippen molar-refractivity contribution in [1.82, 2.24) is 9.97 Å². The van der Waals surface area contributed by atoms with Crippen LogP contribution >= 0.6 is 0 Å². The third-order valence-corrected chi connectivity index (χ3v) is 3.65. The molecule has 0 aromatic heterocycles. The molecule has 0 spiro atoms. The number of fused-ring (bicyclic) bond motifs is 1. The zero-order valence-corrected chi connectivity index (χ0v) is 11.5. The third kappa shape index (κ3) is 1.78. The topological polar surface area (TPSA) is 59.9 Å². The lowest BCUT2D eigenvalue weighted by Gasteiger charge is -2.04. The maximum Gasteiger partial charge on any atom is 0.320 e. The van der Waals surface area contributed by atoms with Crippen LogP contribution in [0.2, 0.25) is 0 Å². The van der Waals surface area contributed by atoms with E-state index < -0.39 is 11.0 Å². The molecule has 0 N–H and O–H groups in total. The van der Waals surface area contributed by atoms with Gasteiger partial charge in [0.25, 0.3) is 5.43 Å². The van der Waals surface area contributed by atoms with Crippen molar-refractivity contribution in [3.8, 4) is 33.8 Å². The van der Waals surface area contributed by atoms with Gasteiger partial charge in [-0.25, -0.2) is 9.97 Å². The predicted octanol–water partition coefficient (Wildman–Crippen LogP) is 2.51. The minimum absolute atomic E-state index is 0.155. The van der Waals surface area contributed by atoms with Crippen LogP contribution in [0, 0.1) is 0 Å². The minimum Gasteiger partial charge on any atom is -0.281 e.